The lowest BCUT2D eigenvalue weighted by atomic mass is 9.65. The number of carbonyl (C=O) groups excluding carboxylic acids is 1. The molecule has 0 saturated heterocycles. The maximum Gasteiger partial charge on any atom is 0.242 e. The molecule has 1 fully saturated rings. The predicted molar refractivity (Wildman–Crippen MR) is 112 cm³/mol. The van der Waals surface area contributed by atoms with Crippen molar-refractivity contribution in [2.45, 2.75) is 30.8 Å². The Hall–Kier alpha value is -3.13. The second kappa shape index (κ2) is 8.31. The van der Waals surface area contributed by atoms with Crippen LogP contribution < -0.4 is 11.1 Å². The highest BCUT2D eigenvalue weighted by Crippen LogP contribution is 2.46. The Labute approximate surface area is 177 Å². The smallest absolute Gasteiger partial charge is 0.242 e. The first kappa shape index (κ1) is 20.2. The summed E-state index contributed by atoms with van der Waals surface area (Å²) in [5, 5.41) is 12.0. The molecule has 0 bridgehead atoms. The Kier molecular flexibility index (Phi) is 5.59. The molecule has 0 atom stereocenters. The van der Waals surface area contributed by atoms with Crippen LogP contribution in [0.4, 0.5) is 10.3 Å². The van der Waals surface area contributed by atoms with Crippen LogP contribution in [-0.4, -0.2) is 38.8 Å². The minimum Gasteiger partial charge on any atom is -0.369 e. The number of hydrogen-bond acceptors (Lipinski definition) is 6. The maximum atomic E-state index is 13.7. The van der Waals surface area contributed by atoms with E-state index in [1.807, 2.05) is 24.3 Å². The van der Waals surface area contributed by atoms with Crippen molar-refractivity contribution in [3.05, 3.63) is 65.1 Å². The fraction of sp³-hybridized carbons (Fsp3) is 0.286. The van der Waals surface area contributed by atoms with Crippen LogP contribution >= 0.6 is 11.6 Å². The molecule has 7 nitrogen and oxygen atoms in total. The number of rotatable bonds is 7. The lowest BCUT2D eigenvalue weighted by molar-refractivity contribution is -0.117. The van der Waals surface area contributed by atoms with Gasteiger partial charge in [-0.25, -0.2) is 9.37 Å². The molecule has 2 aromatic heterocycles. The Bertz CT molecular complexity index is 1060. The summed E-state index contributed by atoms with van der Waals surface area (Å²) in [5.74, 6) is -0.0647. The van der Waals surface area contributed by atoms with Crippen molar-refractivity contribution in [1.82, 2.24) is 20.2 Å². The SMILES string of the molecule is NC(=O)Cc1cccc(-c2cnc(NCC3(c4ncccc4Cl)CC(F)C3)nn2)c1. The number of nitrogens with one attached hydrogen (secondary N) is 1. The third-order valence-electron chi connectivity index (χ3n) is 5.23. The zero-order valence-corrected chi connectivity index (χ0v) is 16.8. The molecule has 1 aromatic carbocycles. The molecule has 1 saturated carbocycles. The van der Waals surface area contributed by atoms with Gasteiger partial charge in [0.15, 0.2) is 0 Å². The van der Waals surface area contributed by atoms with Crippen LogP contribution in [0.3, 0.4) is 0 Å². The normalized spacial score (nSPS) is 20.4. The predicted octanol–water partition coefficient (Wildman–Crippen LogP) is 3.10. The highest BCUT2D eigenvalue weighted by Gasteiger charge is 2.48. The number of pyridine rings is 1. The Morgan fingerprint density at radius 2 is 2.07 bits per heavy atom. The maximum absolute atomic E-state index is 13.7. The first-order valence-electron chi connectivity index (χ1n) is 9.51. The van der Waals surface area contributed by atoms with Crippen LogP contribution in [0.25, 0.3) is 11.3 Å². The van der Waals surface area contributed by atoms with E-state index in [0.717, 1.165) is 11.1 Å². The molecule has 2 heterocycles. The number of halogens is 2. The van der Waals surface area contributed by atoms with Crippen molar-refractivity contribution >= 4 is 23.5 Å². The van der Waals surface area contributed by atoms with E-state index in [9.17, 15) is 9.18 Å². The summed E-state index contributed by atoms with van der Waals surface area (Å²) in [6, 6.07) is 10.9. The molecule has 9 heteroatoms. The number of hydrogen-bond donors (Lipinski definition) is 2. The van der Waals surface area contributed by atoms with Gasteiger partial charge < -0.3 is 11.1 Å². The van der Waals surface area contributed by atoms with E-state index in [4.69, 9.17) is 17.3 Å². The van der Waals surface area contributed by atoms with Crippen molar-refractivity contribution < 1.29 is 9.18 Å². The summed E-state index contributed by atoms with van der Waals surface area (Å²) < 4.78 is 13.7. The summed E-state index contributed by atoms with van der Waals surface area (Å²) in [6.07, 6.45) is 3.22. The topological polar surface area (TPSA) is 107 Å². The number of anilines is 1. The average Bonchev–Trinajstić information content (AvgIpc) is 2.71. The minimum absolute atomic E-state index is 0.155. The molecule has 0 spiro atoms. The standard InChI is InChI=1S/C21H20ClFN6O/c22-16-5-2-6-25-19(16)21(9-15(23)10-21)12-27-20-26-11-17(28-29-20)14-4-1-3-13(7-14)8-18(24)30/h1-7,11,15H,8-10,12H2,(H2,24,30)(H,26,27,29). The number of nitrogens with two attached hydrogens (primary N) is 1. The van der Waals surface area contributed by atoms with Crippen LogP contribution in [0.2, 0.25) is 5.02 Å². The number of benzene rings is 1. The lowest BCUT2D eigenvalue weighted by Crippen LogP contribution is -2.48. The van der Waals surface area contributed by atoms with Gasteiger partial charge in [0, 0.05) is 23.7 Å². The van der Waals surface area contributed by atoms with Gasteiger partial charge in [-0.15, -0.1) is 10.2 Å². The average molecular weight is 427 g/mol. The molecular formula is C21H20ClFN6O. The van der Waals surface area contributed by atoms with Crippen LogP contribution in [0.5, 0.6) is 0 Å². The van der Waals surface area contributed by atoms with E-state index in [2.05, 4.69) is 25.5 Å². The zero-order chi connectivity index (χ0) is 21.1. The van der Waals surface area contributed by atoms with E-state index >= 15 is 0 Å². The second-order valence-electron chi connectivity index (χ2n) is 7.48. The molecule has 1 aliphatic rings. The fourth-order valence-corrected chi connectivity index (χ4v) is 4.09. The quantitative estimate of drug-likeness (QED) is 0.601. The first-order chi connectivity index (χ1) is 14.4. The van der Waals surface area contributed by atoms with Crippen LogP contribution in [0.1, 0.15) is 24.1 Å². The fourth-order valence-electron chi connectivity index (χ4n) is 3.76. The van der Waals surface area contributed by atoms with E-state index in [1.165, 1.54) is 0 Å². The van der Waals surface area contributed by atoms with Gasteiger partial charge in [-0.05, 0) is 36.6 Å². The van der Waals surface area contributed by atoms with E-state index < -0.39 is 17.5 Å². The highest BCUT2D eigenvalue weighted by molar-refractivity contribution is 6.31. The van der Waals surface area contributed by atoms with Gasteiger partial charge in [-0.3, -0.25) is 9.78 Å². The molecule has 3 aromatic rings. The number of amides is 1. The summed E-state index contributed by atoms with van der Waals surface area (Å²) in [5.41, 5.74) is 7.60. The third kappa shape index (κ3) is 4.23. The van der Waals surface area contributed by atoms with Gasteiger partial charge in [0.05, 0.1) is 23.3 Å². The van der Waals surface area contributed by atoms with Crippen molar-refractivity contribution in [2.24, 2.45) is 5.73 Å². The highest BCUT2D eigenvalue weighted by atomic mass is 35.5. The molecule has 1 aliphatic carbocycles. The van der Waals surface area contributed by atoms with Gasteiger partial charge in [0.2, 0.25) is 11.9 Å². The van der Waals surface area contributed by atoms with Crippen LogP contribution in [0, 0.1) is 0 Å². The lowest BCUT2D eigenvalue weighted by Gasteiger charge is -2.44. The number of alkyl halides is 1. The molecular weight excluding hydrogens is 407 g/mol. The number of nitrogens with zero attached hydrogens (tertiary/aromatic N) is 4. The number of carbonyl (C=O) groups is 1. The molecule has 30 heavy (non-hydrogen) atoms. The third-order valence-corrected chi connectivity index (χ3v) is 5.54. The van der Waals surface area contributed by atoms with Gasteiger partial charge in [-0.2, -0.15) is 0 Å². The largest absolute Gasteiger partial charge is 0.369 e. The van der Waals surface area contributed by atoms with Crippen molar-refractivity contribution in [3.8, 4) is 11.3 Å². The van der Waals surface area contributed by atoms with Gasteiger partial charge >= 0.3 is 0 Å². The monoisotopic (exact) mass is 426 g/mol. The summed E-state index contributed by atoms with van der Waals surface area (Å²) >= 11 is 6.30. The minimum atomic E-state index is -0.876. The Morgan fingerprint density at radius 3 is 2.73 bits per heavy atom. The zero-order valence-electron chi connectivity index (χ0n) is 16.1. The van der Waals surface area contributed by atoms with E-state index in [-0.39, 0.29) is 6.42 Å². The van der Waals surface area contributed by atoms with Gasteiger partial charge in [0.25, 0.3) is 0 Å². The molecule has 3 N–H and O–H groups in total. The Balaban J connectivity index is 1.47. The van der Waals surface area contributed by atoms with Crippen molar-refractivity contribution in [1.29, 1.82) is 0 Å². The summed E-state index contributed by atoms with van der Waals surface area (Å²) in [4.78, 5) is 19.8. The molecule has 1 amide bonds. The second-order valence-corrected chi connectivity index (χ2v) is 7.89. The number of aromatic nitrogens is 4. The van der Waals surface area contributed by atoms with Crippen LogP contribution in [-0.2, 0) is 16.6 Å². The van der Waals surface area contributed by atoms with Crippen molar-refractivity contribution in [3.63, 3.8) is 0 Å². The Morgan fingerprint density at radius 1 is 1.23 bits per heavy atom. The van der Waals surface area contributed by atoms with Crippen molar-refractivity contribution in [2.75, 3.05) is 11.9 Å². The number of primary amides is 1. The molecule has 0 aliphatic heterocycles. The van der Waals surface area contributed by atoms with Gasteiger partial charge in [0.1, 0.15) is 11.9 Å². The van der Waals surface area contributed by atoms with E-state index in [1.54, 1.807) is 24.5 Å². The summed E-state index contributed by atoms with van der Waals surface area (Å²) in [7, 11) is 0. The molecule has 154 valence electrons. The first-order valence-corrected chi connectivity index (χ1v) is 9.89. The molecule has 4 rings (SSSR count). The van der Waals surface area contributed by atoms with E-state index in [0.29, 0.717) is 41.7 Å². The van der Waals surface area contributed by atoms with Gasteiger partial charge in [-0.1, -0.05) is 29.8 Å². The molecule has 0 radical (unpaired) electrons. The summed E-state index contributed by atoms with van der Waals surface area (Å²) in [6.45, 7) is 0.402. The molecule has 0 unspecified atom stereocenters. The van der Waals surface area contributed by atoms with Crippen LogP contribution in [0.15, 0.2) is 48.8 Å².